The fraction of sp³-hybridized carbons (Fsp3) is 0.900. The second kappa shape index (κ2) is 5.32. The van der Waals surface area contributed by atoms with Crippen LogP contribution in [-0.2, 0) is 19.0 Å². The van der Waals surface area contributed by atoms with Crippen molar-refractivity contribution in [1.82, 2.24) is 0 Å². The average Bonchev–Trinajstić information content (AvgIpc) is 2.19. The highest BCUT2D eigenvalue weighted by atomic mass is 16.7. The molecule has 1 aliphatic rings. The van der Waals surface area contributed by atoms with E-state index in [1.54, 1.807) is 0 Å². The van der Waals surface area contributed by atoms with Gasteiger partial charge in [0.25, 0.3) is 0 Å². The van der Waals surface area contributed by atoms with Gasteiger partial charge in [-0.05, 0) is 12.8 Å². The molecule has 0 saturated carbocycles. The van der Waals surface area contributed by atoms with E-state index in [0.29, 0.717) is 26.6 Å². The summed E-state index contributed by atoms with van der Waals surface area (Å²) in [4.78, 5) is 10.6. The third-order valence-corrected chi connectivity index (χ3v) is 2.67. The molecule has 0 unspecified atom stereocenters. The van der Waals surface area contributed by atoms with Crippen molar-refractivity contribution in [2.45, 2.75) is 26.7 Å². The van der Waals surface area contributed by atoms with Gasteiger partial charge in [-0.1, -0.05) is 6.92 Å². The Morgan fingerprint density at radius 3 is 2.57 bits per heavy atom. The normalized spacial score (nSPS) is 20.4. The van der Waals surface area contributed by atoms with Gasteiger partial charge in [0.2, 0.25) is 0 Å². The summed E-state index contributed by atoms with van der Waals surface area (Å²) < 4.78 is 15.5. The van der Waals surface area contributed by atoms with E-state index >= 15 is 0 Å². The van der Waals surface area contributed by atoms with E-state index < -0.39 is 0 Å². The molecule has 1 aliphatic heterocycles. The van der Waals surface area contributed by atoms with Crippen LogP contribution in [0.1, 0.15) is 26.7 Å². The lowest BCUT2D eigenvalue weighted by molar-refractivity contribution is -0.173. The molecule has 0 aliphatic carbocycles. The fourth-order valence-corrected chi connectivity index (χ4v) is 1.55. The molecule has 1 fully saturated rings. The number of hydrogen-bond acceptors (Lipinski definition) is 4. The topological polar surface area (TPSA) is 44.8 Å². The number of ether oxygens (including phenoxy) is 3. The van der Waals surface area contributed by atoms with Crippen LogP contribution in [0.3, 0.4) is 0 Å². The van der Waals surface area contributed by atoms with Crippen molar-refractivity contribution < 1.29 is 19.0 Å². The standard InChI is InChI=1S/C10H18O4/c1-3-10(4-5-14-9(2)11)6-12-8-13-7-10/h3-8H2,1-2H3. The number of hydrogen-bond donors (Lipinski definition) is 0. The van der Waals surface area contributed by atoms with E-state index in [0.717, 1.165) is 12.8 Å². The van der Waals surface area contributed by atoms with Gasteiger partial charge < -0.3 is 14.2 Å². The molecule has 82 valence electrons. The smallest absolute Gasteiger partial charge is 0.302 e. The van der Waals surface area contributed by atoms with Crippen molar-refractivity contribution in [1.29, 1.82) is 0 Å². The predicted molar refractivity (Wildman–Crippen MR) is 50.7 cm³/mol. The van der Waals surface area contributed by atoms with Crippen LogP contribution < -0.4 is 0 Å². The molecule has 4 nitrogen and oxygen atoms in total. The van der Waals surface area contributed by atoms with Gasteiger partial charge in [-0.15, -0.1) is 0 Å². The Balaban J connectivity index is 2.32. The van der Waals surface area contributed by atoms with Gasteiger partial charge in [-0.25, -0.2) is 0 Å². The van der Waals surface area contributed by atoms with E-state index in [9.17, 15) is 4.79 Å². The van der Waals surface area contributed by atoms with Crippen molar-refractivity contribution in [3.8, 4) is 0 Å². The summed E-state index contributed by atoms with van der Waals surface area (Å²) >= 11 is 0. The molecule has 0 aromatic carbocycles. The summed E-state index contributed by atoms with van der Waals surface area (Å²) in [6, 6.07) is 0. The lowest BCUT2D eigenvalue weighted by Crippen LogP contribution is -2.38. The van der Waals surface area contributed by atoms with Gasteiger partial charge in [0.1, 0.15) is 6.79 Å². The van der Waals surface area contributed by atoms with Crippen molar-refractivity contribution in [3.63, 3.8) is 0 Å². The maximum Gasteiger partial charge on any atom is 0.302 e. The zero-order valence-corrected chi connectivity index (χ0v) is 8.88. The van der Waals surface area contributed by atoms with Crippen LogP contribution in [0.5, 0.6) is 0 Å². The molecule has 0 atom stereocenters. The van der Waals surface area contributed by atoms with Gasteiger partial charge >= 0.3 is 5.97 Å². The Labute approximate surface area is 84.5 Å². The first kappa shape index (κ1) is 11.5. The molecule has 1 heterocycles. The third-order valence-electron chi connectivity index (χ3n) is 2.67. The molecule has 0 bridgehead atoms. The van der Waals surface area contributed by atoms with Crippen LogP contribution in [0.2, 0.25) is 0 Å². The first-order valence-corrected chi connectivity index (χ1v) is 4.97. The van der Waals surface area contributed by atoms with Gasteiger partial charge in [0.05, 0.1) is 19.8 Å². The van der Waals surface area contributed by atoms with E-state index in [-0.39, 0.29) is 11.4 Å². The summed E-state index contributed by atoms with van der Waals surface area (Å²) in [6.07, 6.45) is 1.79. The minimum Gasteiger partial charge on any atom is -0.466 e. The summed E-state index contributed by atoms with van der Waals surface area (Å²) in [6.45, 7) is 5.76. The summed E-state index contributed by atoms with van der Waals surface area (Å²) in [5.74, 6) is -0.228. The van der Waals surface area contributed by atoms with Crippen molar-refractivity contribution in [3.05, 3.63) is 0 Å². The Morgan fingerprint density at radius 2 is 2.07 bits per heavy atom. The van der Waals surface area contributed by atoms with Crippen LogP contribution >= 0.6 is 0 Å². The van der Waals surface area contributed by atoms with Gasteiger partial charge in [-0.3, -0.25) is 4.79 Å². The number of rotatable bonds is 4. The maximum absolute atomic E-state index is 10.6. The quantitative estimate of drug-likeness (QED) is 0.645. The van der Waals surface area contributed by atoms with Gasteiger partial charge in [0, 0.05) is 12.3 Å². The first-order chi connectivity index (χ1) is 6.68. The Kier molecular flexibility index (Phi) is 4.35. The van der Waals surface area contributed by atoms with E-state index in [1.807, 2.05) is 0 Å². The summed E-state index contributed by atoms with van der Waals surface area (Å²) in [7, 11) is 0. The molecule has 0 aromatic heterocycles. The third kappa shape index (κ3) is 3.27. The van der Waals surface area contributed by atoms with Crippen LogP contribution in [0.25, 0.3) is 0 Å². The molecule has 1 rings (SSSR count). The molecule has 0 spiro atoms. The second-order valence-electron chi connectivity index (χ2n) is 3.76. The minimum atomic E-state index is -0.228. The van der Waals surface area contributed by atoms with Crippen LogP contribution in [0.4, 0.5) is 0 Å². The molecule has 0 amide bonds. The molecule has 0 N–H and O–H groups in total. The lowest BCUT2D eigenvalue weighted by atomic mass is 9.83. The molecule has 0 aromatic rings. The maximum atomic E-state index is 10.6. The van der Waals surface area contributed by atoms with Gasteiger partial charge in [0.15, 0.2) is 0 Å². The van der Waals surface area contributed by atoms with Crippen LogP contribution in [0, 0.1) is 5.41 Å². The first-order valence-electron chi connectivity index (χ1n) is 4.97. The second-order valence-corrected chi connectivity index (χ2v) is 3.76. The van der Waals surface area contributed by atoms with Crippen molar-refractivity contribution in [2.24, 2.45) is 5.41 Å². The zero-order valence-electron chi connectivity index (χ0n) is 8.88. The van der Waals surface area contributed by atoms with Crippen molar-refractivity contribution >= 4 is 5.97 Å². The van der Waals surface area contributed by atoms with Gasteiger partial charge in [-0.2, -0.15) is 0 Å². The zero-order chi connectivity index (χ0) is 10.4. The number of carbonyl (C=O) groups is 1. The van der Waals surface area contributed by atoms with Crippen molar-refractivity contribution in [2.75, 3.05) is 26.6 Å². The molecule has 0 radical (unpaired) electrons. The molecule has 1 saturated heterocycles. The SMILES string of the molecule is CCC1(CCOC(C)=O)COCOC1. The molecular weight excluding hydrogens is 184 g/mol. The van der Waals surface area contributed by atoms with E-state index in [1.165, 1.54) is 6.92 Å². The van der Waals surface area contributed by atoms with Crippen LogP contribution in [-0.4, -0.2) is 32.6 Å². The summed E-state index contributed by atoms with van der Waals surface area (Å²) in [5, 5.41) is 0. The fourth-order valence-electron chi connectivity index (χ4n) is 1.55. The molecule has 14 heavy (non-hydrogen) atoms. The Hall–Kier alpha value is -0.610. The molecule has 4 heteroatoms. The Bertz CT molecular complexity index is 185. The van der Waals surface area contributed by atoms with E-state index in [2.05, 4.69) is 6.92 Å². The monoisotopic (exact) mass is 202 g/mol. The average molecular weight is 202 g/mol. The Morgan fingerprint density at radius 1 is 1.43 bits per heavy atom. The lowest BCUT2D eigenvalue weighted by Gasteiger charge is -2.35. The number of esters is 1. The molecular formula is C10H18O4. The van der Waals surface area contributed by atoms with E-state index in [4.69, 9.17) is 14.2 Å². The van der Waals surface area contributed by atoms with Crippen LogP contribution in [0.15, 0.2) is 0 Å². The highest BCUT2D eigenvalue weighted by Gasteiger charge is 2.31. The highest BCUT2D eigenvalue weighted by Crippen LogP contribution is 2.30. The highest BCUT2D eigenvalue weighted by molar-refractivity contribution is 5.65. The predicted octanol–water partition coefficient (Wildman–Crippen LogP) is 1.34. The minimum absolute atomic E-state index is 0.0354. The largest absolute Gasteiger partial charge is 0.466 e. The summed E-state index contributed by atoms with van der Waals surface area (Å²) in [5.41, 5.74) is 0.0354. The number of carbonyl (C=O) groups excluding carboxylic acids is 1.